The fourth-order valence-corrected chi connectivity index (χ4v) is 4.27. The monoisotopic (exact) mass is 453 g/mol. The average Bonchev–Trinajstić information content (AvgIpc) is 3.10. The van der Waals surface area contributed by atoms with Crippen molar-refractivity contribution in [2.75, 3.05) is 46.5 Å². The number of ketones is 1. The Morgan fingerprint density at radius 3 is 2.67 bits per heavy atom. The summed E-state index contributed by atoms with van der Waals surface area (Å²) in [5, 5.41) is 21.5. The number of nitrogens with zero attached hydrogens (tertiary/aromatic N) is 3. The van der Waals surface area contributed by atoms with Crippen molar-refractivity contribution in [3.8, 4) is 11.5 Å². The maximum atomic E-state index is 13.1. The standard InChI is InChI=1S/C24H27N3O6/c1-32-17-5-6-18(19(28)14-17)22(29)20-21(16-4-2-7-25-15-16)27(24(31)23(20)30)9-3-8-26-10-12-33-13-11-26/h2,4-7,14-15,21,28-29H,3,8-13H2,1H3/t21-/m0/s1. The predicted octanol–water partition coefficient (Wildman–Crippen LogP) is 1.94. The SMILES string of the molecule is COc1ccc(C(O)=C2C(=O)C(=O)N(CCCN3CCOCC3)[C@H]2c2cccnc2)c(O)c1. The maximum absolute atomic E-state index is 13.1. The zero-order valence-electron chi connectivity index (χ0n) is 18.4. The van der Waals surface area contributed by atoms with Gasteiger partial charge in [-0.15, -0.1) is 0 Å². The van der Waals surface area contributed by atoms with E-state index in [9.17, 15) is 19.8 Å². The van der Waals surface area contributed by atoms with E-state index in [1.807, 2.05) is 0 Å². The molecule has 1 atom stereocenters. The summed E-state index contributed by atoms with van der Waals surface area (Å²) in [5.41, 5.74) is 0.591. The van der Waals surface area contributed by atoms with Crippen LogP contribution in [0.3, 0.4) is 0 Å². The molecule has 2 aliphatic heterocycles. The number of pyridine rings is 1. The average molecular weight is 453 g/mol. The summed E-state index contributed by atoms with van der Waals surface area (Å²) in [7, 11) is 1.46. The van der Waals surface area contributed by atoms with Gasteiger partial charge in [-0.25, -0.2) is 0 Å². The Bertz CT molecular complexity index is 1050. The number of aromatic nitrogens is 1. The van der Waals surface area contributed by atoms with E-state index in [2.05, 4.69) is 9.88 Å². The van der Waals surface area contributed by atoms with Gasteiger partial charge in [-0.1, -0.05) is 6.07 Å². The number of hydrogen-bond acceptors (Lipinski definition) is 8. The third kappa shape index (κ3) is 4.69. The Morgan fingerprint density at radius 2 is 2.00 bits per heavy atom. The van der Waals surface area contributed by atoms with E-state index in [1.165, 1.54) is 24.1 Å². The molecule has 0 aliphatic carbocycles. The van der Waals surface area contributed by atoms with Crippen molar-refractivity contribution in [2.45, 2.75) is 12.5 Å². The summed E-state index contributed by atoms with van der Waals surface area (Å²) >= 11 is 0. The maximum Gasteiger partial charge on any atom is 0.295 e. The second kappa shape index (κ2) is 10.0. The second-order valence-electron chi connectivity index (χ2n) is 7.97. The van der Waals surface area contributed by atoms with Gasteiger partial charge in [0.2, 0.25) is 0 Å². The summed E-state index contributed by atoms with van der Waals surface area (Å²) < 4.78 is 10.5. The fraction of sp³-hybridized carbons (Fsp3) is 0.375. The Hall–Kier alpha value is -3.43. The zero-order chi connectivity index (χ0) is 23.4. The number of Topliss-reactive ketones (excluding diaryl/α,β-unsaturated/α-hetero) is 1. The number of phenols is 1. The number of phenolic OH excluding ortho intramolecular Hbond substituents is 1. The molecule has 1 aromatic heterocycles. The Morgan fingerprint density at radius 1 is 1.21 bits per heavy atom. The molecule has 2 aromatic rings. The van der Waals surface area contributed by atoms with Gasteiger partial charge < -0.3 is 24.6 Å². The van der Waals surface area contributed by atoms with Crippen LogP contribution >= 0.6 is 0 Å². The number of morpholine rings is 1. The van der Waals surface area contributed by atoms with Crippen LogP contribution in [0.1, 0.15) is 23.6 Å². The van der Waals surface area contributed by atoms with Gasteiger partial charge in [0, 0.05) is 44.6 Å². The van der Waals surface area contributed by atoms with E-state index >= 15 is 0 Å². The van der Waals surface area contributed by atoms with Crippen LogP contribution in [0.5, 0.6) is 11.5 Å². The highest BCUT2D eigenvalue weighted by atomic mass is 16.5. The largest absolute Gasteiger partial charge is 0.507 e. The molecule has 3 heterocycles. The molecular weight excluding hydrogens is 426 g/mol. The van der Waals surface area contributed by atoms with E-state index < -0.39 is 23.5 Å². The summed E-state index contributed by atoms with van der Waals surface area (Å²) in [6.07, 6.45) is 3.84. The topological polar surface area (TPSA) is 112 Å². The second-order valence-corrected chi connectivity index (χ2v) is 7.97. The first-order chi connectivity index (χ1) is 16.0. The number of ether oxygens (including phenoxy) is 2. The minimum absolute atomic E-state index is 0.0519. The molecule has 33 heavy (non-hydrogen) atoms. The Kier molecular flexibility index (Phi) is 6.90. The highest BCUT2D eigenvalue weighted by molar-refractivity contribution is 6.46. The van der Waals surface area contributed by atoms with Crippen molar-refractivity contribution >= 4 is 17.4 Å². The van der Waals surface area contributed by atoms with Crippen LogP contribution in [0.25, 0.3) is 5.76 Å². The number of benzene rings is 1. The van der Waals surface area contributed by atoms with E-state index in [0.717, 1.165) is 19.6 Å². The normalized spacial score (nSPS) is 20.9. The van der Waals surface area contributed by atoms with Crippen molar-refractivity contribution in [1.29, 1.82) is 0 Å². The number of rotatable bonds is 7. The summed E-state index contributed by atoms with van der Waals surface area (Å²) in [6, 6.07) is 7.03. The zero-order valence-corrected chi connectivity index (χ0v) is 18.4. The third-order valence-electron chi connectivity index (χ3n) is 5.98. The van der Waals surface area contributed by atoms with Gasteiger partial charge in [0.05, 0.1) is 37.5 Å². The Labute approximate surface area is 191 Å². The smallest absolute Gasteiger partial charge is 0.295 e. The number of aromatic hydroxyl groups is 1. The van der Waals surface area contributed by atoms with E-state index in [1.54, 1.807) is 30.6 Å². The number of methoxy groups -OCH3 is 1. The van der Waals surface area contributed by atoms with Crippen LogP contribution in [0, 0.1) is 0 Å². The number of likely N-dealkylation sites (tertiary alicyclic amines) is 1. The molecule has 2 aliphatic rings. The van der Waals surface area contributed by atoms with E-state index in [-0.39, 0.29) is 16.9 Å². The number of aliphatic hydroxyl groups is 1. The van der Waals surface area contributed by atoms with Gasteiger partial charge >= 0.3 is 0 Å². The first kappa shape index (κ1) is 22.8. The van der Waals surface area contributed by atoms with Crippen LogP contribution in [0.4, 0.5) is 0 Å². The van der Waals surface area contributed by atoms with Gasteiger partial charge in [0.25, 0.3) is 11.7 Å². The van der Waals surface area contributed by atoms with Crippen LogP contribution in [0.15, 0.2) is 48.3 Å². The molecule has 9 nitrogen and oxygen atoms in total. The van der Waals surface area contributed by atoms with Gasteiger partial charge in [-0.2, -0.15) is 0 Å². The third-order valence-corrected chi connectivity index (χ3v) is 5.98. The quantitative estimate of drug-likeness (QED) is 0.372. The summed E-state index contributed by atoms with van der Waals surface area (Å²) in [5.74, 6) is -1.76. The molecule has 1 aromatic carbocycles. The molecule has 2 N–H and O–H groups in total. The van der Waals surface area contributed by atoms with Crippen LogP contribution in [0.2, 0.25) is 0 Å². The minimum Gasteiger partial charge on any atom is -0.507 e. The Balaban J connectivity index is 1.67. The molecule has 2 saturated heterocycles. The fourth-order valence-electron chi connectivity index (χ4n) is 4.27. The molecule has 0 bridgehead atoms. The van der Waals surface area contributed by atoms with Crippen molar-refractivity contribution in [1.82, 2.24) is 14.8 Å². The van der Waals surface area contributed by atoms with Crippen molar-refractivity contribution in [3.63, 3.8) is 0 Å². The van der Waals surface area contributed by atoms with Crippen LogP contribution < -0.4 is 4.74 Å². The number of carbonyl (C=O) groups excluding carboxylic acids is 2. The minimum atomic E-state index is -0.801. The van der Waals surface area contributed by atoms with Crippen LogP contribution in [-0.2, 0) is 14.3 Å². The highest BCUT2D eigenvalue weighted by Gasteiger charge is 2.46. The number of aliphatic hydroxyl groups excluding tert-OH is 1. The van der Waals surface area contributed by atoms with Crippen molar-refractivity contribution in [2.24, 2.45) is 0 Å². The molecule has 0 unspecified atom stereocenters. The number of carbonyl (C=O) groups is 2. The summed E-state index contributed by atoms with van der Waals surface area (Å²) in [4.78, 5) is 33.9. The first-order valence-electron chi connectivity index (χ1n) is 10.9. The lowest BCUT2D eigenvalue weighted by Crippen LogP contribution is -2.39. The molecular formula is C24H27N3O6. The molecule has 4 rings (SSSR count). The lowest BCUT2D eigenvalue weighted by atomic mass is 9.96. The predicted molar refractivity (Wildman–Crippen MR) is 120 cm³/mol. The van der Waals surface area contributed by atoms with Crippen LogP contribution in [-0.4, -0.2) is 83.2 Å². The van der Waals surface area contributed by atoms with E-state index in [4.69, 9.17) is 9.47 Å². The highest BCUT2D eigenvalue weighted by Crippen LogP contribution is 2.41. The molecule has 0 saturated carbocycles. The van der Waals surface area contributed by atoms with Crippen molar-refractivity contribution < 1.29 is 29.3 Å². The molecule has 2 fully saturated rings. The lowest BCUT2D eigenvalue weighted by molar-refractivity contribution is -0.140. The molecule has 9 heteroatoms. The van der Waals surface area contributed by atoms with Crippen molar-refractivity contribution in [3.05, 3.63) is 59.4 Å². The number of amides is 1. The molecule has 0 radical (unpaired) electrons. The molecule has 0 spiro atoms. The lowest BCUT2D eigenvalue weighted by Gasteiger charge is -2.29. The van der Waals surface area contributed by atoms with Gasteiger partial charge in [-0.05, 0) is 30.2 Å². The first-order valence-corrected chi connectivity index (χ1v) is 10.9. The molecule has 1 amide bonds. The summed E-state index contributed by atoms with van der Waals surface area (Å²) in [6.45, 7) is 4.15. The van der Waals surface area contributed by atoms with Gasteiger partial charge in [0.1, 0.15) is 17.3 Å². The van der Waals surface area contributed by atoms with E-state index in [0.29, 0.717) is 37.5 Å². The number of hydrogen-bond donors (Lipinski definition) is 2. The van der Waals surface area contributed by atoms with Gasteiger partial charge in [0.15, 0.2) is 0 Å². The molecule has 174 valence electrons. The van der Waals surface area contributed by atoms with Gasteiger partial charge in [-0.3, -0.25) is 19.5 Å².